The summed E-state index contributed by atoms with van der Waals surface area (Å²) in [5.41, 5.74) is 2.46. The van der Waals surface area contributed by atoms with Crippen molar-refractivity contribution < 1.29 is 14.5 Å². The molecule has 1 fully saturated rings. The Bertz CT molecular complexity index is 553. The molecule has 114 valence electrons. The van der Waals surface area contributed by atoms with Gasteiger partial charge in [0, 0.05) is 24.7 Å². The molecule has 0 radical (unpaired) electrons. The molecule has 21 heavy (non-hydrogen) atoms. The average Bonchev–Trinajstić information content (AvgIpc) is 2.44. The van der Waals surface area contributed by atoms with E-state index in [-0.39, 0.29) is 35.1 Å². The Balaban J connectivity index is 2.27. The largest absolute Gasteiger partial charge is 0.372 e. The minimum atomic E-state index is -0.573. The van der Waals surface area contributed by atoms with Gasteiger partial charge in [-0.1, -0.05) is 0 Å². The Morgan fingerprint density at radius 1 is 1.43 bits per heavy atom. The van der Waals surface area contributed by atoms with Crippen molar-refractivity contribution in [2.75, 3.05) is 18.5 Å². The van der Waals surface area contributed by atoms with Crippen molar-refractivity contribution in [1.82, 2.24) is 4.90 Å². The summed E-state index contributed by atoms with van der Waals surface area (Å²) in [6.07, 6.45) is -0.115. The van der Waals surface area contributed by atoms with Crippen LogP contribution in [0.15, 0.2) is 18.2 Å². The van der Waals surface area contributed by atoms with Crippen molar-refractivity contribution in [3.63, 3.8) is 0 Å². The SMILES string of the molecule is C[C@@H]1CN(C(=O)c2ccc(NN)c([N+](=O)[O-])c2)C[C@H](C)O1. The Morgan fingerprint density at radius 3 is 2.57 bits per heavy atom. The molecule has 2 atom stereocenters. The van der Waals surface area contributed by atoms with Crippen LogP contribution in [0.1, 0.15) is 24.2 Å². The number of benzene rings is 1. The maximum atomic E-state index is 12.5. The first-order valence-electron chi connectivity index (χ1n) is 6.62. The molecule has 1 aromatic rings. The van der Waals surface area contributed by atoms with Gasteiger partial charge in [-0.25, -0.2) is 0 Å². The monoisotopic (exact) mass is 294 g/mol. The van der Waals surface area contributed by atoms with Crippen LogP contribution in [0.5, 0.6) is 0 Å². The molecule has 1 heterocycles. The summed E-state index contributed by atoms with van der Waals surface area (Å²) in [4.78, 5) is 24.5. The van der Waals surface area contributed by atoms with Crippen LogP contribution in [-0.2, 0) is 4.74 Å². The number of nitrogens with two attached hydrogens (primary N) is 1. The van der Waals surface area contributed by atoms with Crippen LogP contribution in [0.3, 0.4) is 0 Å². The molecule has 1 aromatic carbocycles. The summed E-state index contributed by atoms with van der Waals surface area (Å²) >= 11 is 0. The molecule has 0 unspecified atom stereocenters. The zero-order valence-corrected chi connectivity index (χ0v) is 11.9. The zero-order chi connectivity index (χ0) is 15.6. The van der Waals surface area contributed by atoms with Crippen LogP contribution in [-0.4, -0.2) is 41.0 Å². The van der Waals surface area contributed by atoms with Gasteiger partial charge in [0.1, 0.15) is 5.69 Å². The minimum absolute atomic E-state index is 0.0577. The highest BCUT2D eigenvalue weighted by Gasteiger charge is 2.27. The van der Waals surface area contributed by atoms with Crippen molar-refractivity contribution in [2.24, 2.45) is 5.84 Å². The van der Waals surface area contributed by atoms with Gasteiger partial charge in [0.05, 0.1) is 17.1 Å². The zero-order valence-electron chi connectivity index (χ0n) is 11.9. The summed E-state index contributed by atoms with van der Waals surface area (Å²) in [5, 5.41) is 11.0. The number of hydrogen-bond acceptors (Lipinski definition) is 6. The number of carbonyl (C=O) groups excluding carboxylic acids is 1. The maximum Gasteiger partial charge on any atom is 0.294 e. The second-order valence-electron chi connectivity index (χ2n) is 5.10. The van der Waals surface area contributed by atoms with Gasteiger partial charge in [-0.05, 0) is 26.0 Å². The van der Waals surface area contributed by atoms with Crippen LogP contribution < -0.4 is 11.3 Å². The second kappa shape index (κ2) is 6.06. The molecule has 0 bridgehead atoms. The summed E-state index contributed by atoms with van der Waals surface area (Å²) in [5.74, 6) is 4.98. The molecule has 0 aliphatic carbocycles. The average molecular weight is 294 g/mol. The number of nitrogen functional groups attached to an aromatic ring is 1. The maximum absolute atomic E-state index is 12.5. The van der Waals surface area contributed by atoms with Gasteiger partial charge in [0.25, 0.3) is 11.6 Å². The third kappa shape index (κ3) is 3.29. The standard InChI is InChI=1S/C13H18N4O4/c1-8-6-16(7-9(2)21-8)13(18)10-3-4-11(15-14)12(5-10)17(19)20/h3-5,8-9,15H,6-7,14H2,1-2H3/t8-,9+. The molecule has 1 aliphatic heterocycles. The van der Waals surface area contributed by atoms with E-state index in [1.165, 1.54) is 18.2 Å². The van der Waals surface area contributed by atoms with E-state index in [1.54, 1.807) is 4.90 Å². The number of nitrogens with zero attached hydrogens (tertiary/aromatic N) is 2. The third-order valence-electron chi connectivity index (χ3n) is 3.30. The topological polar surface area (TPSA) is 111 Å². The molecular formula is C13H18N4O4. The summed E-state index contributed by atoms with van der Waals surface area (Å²) in [6, 6.07) is 4.19. The first-order valence-corrected chi connectivity index (χ1v) is 6.62. The first kappa shape index (κ1) is 15.2. The molecule has 0 spiro atoms. The minimum Gasteiger partial charge on any atom is -0.372 e. The fourth-order valence-electron chi connectivity index (χ4n) is 2.46. The number of hydrogen-bond donors (Lipinski definition) is 2. The van der Waals surface area contributed by atoms with Crippen molar-refractivity contribution in [3.05, 3.63) is 33.9 Å². The molecule has 8 heteroatoms. The van der Waals surface area contributed by atoms with E-state index in [1.807, 2.05) is 13.8 Å². The summed E-state index contributed by atoms with van der Waals surface area (Å²) in [7, 11) is 0. The lowest BCUT2D eigenvalue weighted by Crippen LogP contribution is -2.48. The molecule has 2 rings (SSSR count). The fourth-order valence-corrected chi connectivity index (χ4v) is 2.46. The van der Waals surface area contributed by atoms with Crippen LogP contribution in [0.25, 0.3) is 0 Å². The number of nitrogens with one attached hydrogen (secondary N) is 1. The smallest absolute Gasteiger partial charge is 0.294 e. The molecule has 3 N–H and O–H groups in total. The Hall–Kier alpha value is -2.19. The van der Waals surface area contributed by atoms with E-state index in [0.717, 1.165) is 0 Å². The third-order valence-corrected chi connectivity index (χ3v) is 3.30. The number of nitro groups is 1. The van der Waals surface area contributed by atoms with Gasteiger partial charge < -0.3 is 15.1 Å². The number of nitro benzene ring substituents is 1. The number of hydrazine groups is 1. The number of ether oxygens (including phenoxy) is 1. The van der Waals surface area contributed by atoms with E-state index in [2.05, 4.69) is 5.43 Å². The Kier molecular flexibility index (Phi) is 4.39. The lowest BCUT2D eigenvalue weighted by Gasteiger charge is -2.35. The van der Waals surface area contributed by atoms with E-state index in [9.17, 15) is 14.9 Å². The van der Waals surface area contributed by atoms with Crippen LogP contribution in [0, 0.1) is 10.1 Å². The Labute approximate surface area is 122 Å². The summed E-state index contributed by atoms with van der Waals surface area (Å²) in [6.45, 7) is 4.71. The van der Waals surface area contributed by atoms with Crippen LogP contribution in [0.4, 0.5) is 11.4 Å². The molecular weight excluding hydrogens is 276 g/mol. The number of carbonyl (C=O) groups is 1. The number of morpholine rings is 1. The molecule has 0 aromatic heterocycles. The molecule has 0 saturated carbocycles. The Morgan fingerprint density at radius 2 is 2.05 bits per heavy atom. The van der Waals surface area contributed by atoms with Gasteiger partial charge in [-0.3, -0.25) is 20.8 Å². The quantitative estimate of drug-likeness (QED) is 0.491. The molecule has 1 aliphatic rings. The van der Waals surface area contributed by atoms with Crippen molar-refractivity contribution in [1.29, 1.82) is 0 Å². The fraction of sp³-hybridized carbons (Fsp3) is 0.462. The molecule has 1 amide bonds. The predicted molar refractivity (Wildman–Crippen MR) is 76.8 cm³/mol. The molecule has 1 saturated heterocycles. The van der Waals surface area contributed by atoms with Gasteiger partial charge >= 0.3 is 0 Å². The number of anilines is 1. The van der Waals surface area contributed by atoms with Crippen molar-refractivity contribution in [2.45, 2.75) is 26.1 Å². The van der Waals surface area contributed by atoms with Gasteiger partial charge in [0.2, 0.25) is 0 Å². The highest BCUT2D eigenvalue weighted by molar-refractivity contribution is 5.95. The predicted octanol–water partition coefficient (Wildman–Crippen LogP) is 1.13. The number of rotatable bonds is 3. The van der Waals surface area contributed by atoms with Crippen LogP contribution >= 0.6 is 0 Å². The van der Waals surface area contributed by atoms with Gasteiger partial charge in [-0.2, -0.15) is 0 Å². The molecule has 8 nitrogen and oxygen atoms in total. The lowest BCUT2D eigenvalue weighted by molar-refractivity contribution is -0.384. The van der Waals surface area contributed by atoms with Gasteiger partial charge in [0.15, 0.2) is 0 Å². The van der Waals surface area contributed by atoms with E-state index < -0.39 is 4.92 Å². The van der Waals surface area contributed by atoms with E-state index in [0.29, 0.717) is 13.1 Å². The van der Waals surface area contributed by atoms with Crippen molar-refractivity contribution >= 4 is 17.3 Å². The number of amides is 1. The highest BCUT2D eigenvalue weighted by atomic mass is 16.6. The van der Waals surface area contributed by atoms with Crippen LogP contribution in [0.2, 0.25) is 0 Å². The van der Waals surface area contributed by atoms with Gasteiger partial charge in [-0.15, -0.1) is 0 Å². The lowest BCUT2D eigenvalue weighted by atomic mass is 10.1. The van der Waals surface area contributed by atoms with E-state index >= 15 is 0 Å². The van der Waals surface area contributed by atoms with Crippen molar-refractivity contribution in [3.8, 4) is 0 Å². The first-order chi connectivity index (χ1) is 9.92. The highest BCUT2D eigenvalue weighted by Crippen LogP contribution is 2.25. The normalized spacial score (nSPS) is 22.0. The van der Waals surface area contributed by atoms with E-state index in [4.69, 9.17) is 10.6 Å². The second-order valence-corrected chi connectivity index (χ2v) is 5.10. The summed E-state index contributed by atoms with van der Waals surface area (Å²) < 4.78 is 5.57.